The van der Waals surface area contributed by atoms with E-state index in [1.54, 1.807) is 25.1 Å². The zero-order valence-corrected chi connectivity index (χ0v) is 11.4. The number of nitrogens with zero attached hydrogens (tertiary/aromatic N) is 1. The van der Waals surface area contributed by atoms with Crippen LogP contribution < -0.4 is 0 Å². The average molecular weight is 283 g/mol. The predicted molar refractivity (Wildman–Crippen MR) is 76.0 cm³/mol. The lowest BCUT2D eigenvalue weighted by molar-refractivity contribution is 0.0434. The number of phenols is 1. The summed E-state index contributed by atoms with van der Waals surface area (Å²) in [5.74, 6) is -0.249. The van der Waals surface area contributed by atoms with E-state index < -0.39 is 5.97 Å². The van der Waals surface area contributed by atoms with Crippen molar-refractivity contribution >= 4 is 16.7 Å². The highest BCUT2D eigenvalue weighted by molar-refractivity contribution is 5.98. The van der Waals surface area contributed by atoms with Gasteiger partial charge in [0, 0.05) is 6.07 Å². The number of carbonyl (C=O) groups excluding carboxylic acids is 1. The van der Waals surface area contributed by atoms with E-state index in [4.69, 9.17) is 9.26 Å². The number of benzene rings is 2. The first-order valence-electron chi connectivity index (χ1n) is 6.44. The van der Waals surface area contributed by atoms with Gasteiger partial charge in [-0.15, -0.1) is 0 Å². The van der Waals surface area contributed by atoms with Crippen LogP contribution in [-0.4, -0.2) is 16.2 Å². The van der Waals surface area contributed by atoms with Gasteiger partial charge in [-0.3, -0.25) is 0 Å². The topological polar surface area (TPSA) is 72.6 Å². The van der Waals surface area contributed by atoms with Gasteiger partial charge >= 0.3 is 5.97 Å². The van der Waals surface area contributed by atoms with Crippen molar-refractivity contribution in [3.63, 3.8) is 0 Å². The molecule has 2 aromatic carbocycles. The molecule has 1 N–H and O–H groups in total. The summed E-state index contributed by atoms with van der Waals surface area (Å²) in [7, 11) is 0. The van der Waals surface area contributed by atoms with E-state index >= 15 is 0 Å². The Morgan fingerprint density at radius 1 is 1.24 bits per heavy atom. The minimum absolute atomic E-state index is 0.0219. The minimum atomic E-state index is -0.604. The van der Waals surface area contributed by atoms with E-state index in [1.807, 2.05) is 24.3 Å². The summed E-state index contributed by atoms with van der Waals surface area (Å²) >= 11 is 0. The largest absolute Gasteiger partial charge is 0.507 e. The van der Waals surface area contributed by atoms with Crippen LogP contribution in [0.25, 0.3) is 10.8 Å². The summed E-state index contributed by atoms with van der Waals surface area (Å²) in [4.78, 5) is 12.0. The van der Waals surface area contributed by atoms with Gasteiger partial charge in [0.05, 0.1) is 5.69 Å². The van der Waals surface area contributed by atoms with Gasteiger partial charge in [0.2, 0.25) is 0 Å². The number of phenolic OH excluding ortho intramolecular Hbond substituents is 1. The van der Waals surface area contributed by atoms with Crippen molar-refractivity contribution in [3.8, 4) is 5.75 Å². The minimum Gasteiger partial charge on any atom is -0.507 e. The summed E-state index contributed by atoms with van der Waals surface area (Å²) in [5.41, 5.74) is 0.847. The molecule has 106 valence electrons. The van der Waals surface area contributed by atoms with Crippen molar-refractivity contribution in [2.24, 2.45) is 0 Å². The van der Waals surface area contributed by atoms with E-state index in [1.165, 1.54) is 0 Å². The second-order valence-electron chi connectivity index (χ2n) is 4.73. The van der Waals surface area contributed by atoms with Crippen LogP contribution in [0.15, 0.2) is 47.0 Å². The second kappa shape index (κ2) is 5.28. The third kappa shape index (κ3) is 2.72. The van der Waals surface area contributed by atoms with Crippen LogP contribution in [0.4, 0.5) is 0 Å². The summed E-state index contributed by atoms with van der Waals surface area (Å²) in [6, 6.07) is 12.3. The lowest BCUT2D eigenvalue weighted by atomic mass is 10.1. The van der Waals surface area contributed by atoms with Gasteiger partial charge in [0.15, 0.2) is 12.4 Å². The van der Waals surface area contributed by atoms with Gasteiger partial charge < -0.3 is 14.4 Å². The molecule has 5 heteroatoms. The molecule has 0 spiro atoms. The first-order valence-corrected chi connectivity index (χ1v) is 6.44. The van der Waals surface area contributed by atoms with E-state index in [9.17, 15) is 9.90 Å². The molecule has 1 aromatic heterocycles. The van der Waals surface area contributed by atoms with E-state index in [-0.39, 0.29) is 17.9 Å². The molecule has 5 nitrogen and oxygen atoms in total. The van der Waals surface area contributed by atoms with E-state index in [0.29, 0.717) is 5.76 Å². The molecule has 0 saturated heterocycles. The molecule has 0 aliphatic rings. The Kier molecular flexibility index (Phi) is 3.31. The maximum Gasteiger partial charge on any atom is 0.342 e. The first-order chi connectivity index (χ1) is 10.1. The predicted octanol–water partition coefficient (Wildman–Crippen LogP) is 3.20. The lowest BCUT2D eigenvalue weighted by Crippen LogP contribution is -2.05. The van der Waals surface area contributed by atoms with Crippen LogP contribution in [-0.2, 0) is 11.3 Å². The van der Waals surface area contributed by atoms with Crippen molar-refractivity contribution in [3.05, 3.63) is 59.5 Å². The third-order valence-corrected chi connectivity index (χ3v) is 3.11. The number of aromatic hydroxyl groups is 1. The van der Waals surface area contributed by atoms with Crippen LogP contribution >= 0.6 is 0 Å². The number of carbonyl (C=O) groups is 1. The number of hydrogen-bond acceptors (Lipinski definition) is 5. The van der Waals surface area contributed by atoms with Crippen LogP contribution in [0.2, 0.25) is 0 Å². The van der Waals surface area contributed by atoms with Crippen molar-refractivity contribution in [1.29, 1.82) is 0 Å². The number of aromatic nitrogens is 1. The SMILES string of the molecule is Cc1cc(COC(=O)c2cc3ccccc3cc2O)on1. The van der Waals surface area contributed by atoms with Crippen LogP contribution in [0.5, 0.6) is 5.75 Å². The monoisotopic (exact) mass is 283 g/mol. The quantitative estimate of drug-likeness (QED) is 0.747. The summed E-state index contributed by atoms with van der Waals surface area (Å²) in [5, 5.41) is 15.4. The number of fused-ring (bicyclic) bond motifs is 1. The van der Waals surface area contributed by atoms with Crippen molar-refractivity contribution < 1.29 is 19.2 Å². The zero-order chi connectivity index (χ0) is 14.8. The molecule has 0 fully saturated rings. The molecule has 3 rings (SSSR count). The van der Waals surface area contributed by atoms with Crippen molar-refractivity contribution in [2.45, 2.75) is 13.5 Å². The summed E-state index contributed by atoms with van der Waals surface area (Å²) in [6.45, 7) is 1.76. The van der Waals surface area contributed by atoms with E-state index in [2.05, 4.69) is 5.16 Å². The zero-order valence-electron chi connectivity index (χ0n) is 11.4. The molecular weight excluding hydrogens is 270 g/mol. The fourth-order valence-corrected chi connectivity index (χ4v) is 2.09. The van der Waals surface area contributed by atoms with Gasteiger partial charge in [0.1, 0.15) is 11.3 Å². The molecule has 21 heavy (non-hydrogen) atoms. The Morgan fingerprint density at radius 3 is 2.62 bits per heavy atom. The van der Waals surface area contributed by atoms with Crippen molar-refractivity contribution in [1.82, 2.24) is 5.16 Å². The fourth-order valence-electron chi connectivity index (χ4n) is 2.09. The Hall–Kier alpha value is -2.82. The highest BCUT2D eigenvalue weighted by atomic mass is 16.5. The number of hydrogen-bond donors (Lipinski definition) is 1. The maximum atomic E-state index is 12.0. The number of rotatable bonds is 3. The van der Waals surface area contributed by atoms with Gasteiger partial charge in [-0.25, -0.2) is 4.79 Å². The number of ether oxygens (including phenoxy) is 1. The molecule has 0 bridgehead atoms. The average Bonchev–Trinajstić information content (AvgIpc) is 2.89. The van der Waals surface area contributed by atoms with Gasteiger partial charge in [-0.2, -0.15) is 0 Å². The molecule has 1 heterocycles. The van der Waals surface area contributed by atoms with Crippen LogP contribution in [0.1, 0.15) is 21.8 Å². The molecule has 0 saturated carbocycles. The fraction of sp³-hybridized carbons (Fsp3) is 0.125. The molecule has 0 amide bonds. The summed E-state index contributed by atoms with van der Waals surface area (Å²) in [6.07, 6.45) is 0. The van der Waals surface area contributed by atoms with E-state index in [0.717, 1.165) is 16.5 Å². The molecule has 3 aromatic rings. The first kappa shape index (κ1) is 13.2. The third-order valence-electron chi connectivity index (χ3n) is 3.11. The Bertz CT molecular complexity index is 807. The highest BCUT2D eigenvalue weighted by Gasteiger charge is 2.15. The highest BCUT2D eigenvalue weighted by Crippen LogP contribution is 2.25. The Labute approximate surface area is 120 Å². The lowest BCUT2D eigenvalue weighted by Gasteiger charge is -2.06. The Morgan fingerprint density at radius 2 is 1.95 bits per heavy atom. The molecule has 0 radical (unpaired) electrons. The van der Waals surface area contributed by atoms with Crippen molar-refractivity contribution in [2.75, 3.05) is 0 Å². The normalized spacial score (nSPS) is 10.7. The van der Waals surface area contributed by atoms with Crippen LogP contribution in [0, 0.1) is 6.92 Å². The smallest absolute Gasteiger partial charge is 0.342 e. The molecule has 0 unspecified atom stereocenters. The second-order valence-corrected chi connectivity index (χ2v) is 4.73. The standard InChI is InChI=1S/C16H13NO4/c1-10-6-13(21-17-10)9-20-16(19)14-7-11-4-2-3-5-12(11)8-15(14)18/h2-8,18H,9H2,1H3. The maximum absolute atomic E-state index is 12.0. The van der Waals surface area contributed by atoms with Gasteiger partial charge in [-0.05, 0) is 29.8 Å². The van der Waals surface area contributed by atoms with Gasteiger partial charge in [-0.1, -0.05) is 29.4 Å². The number of aryl methyl sites for hydroxylation is 1. The summed E-state index contributed by atoms with van der Waals surface area (Å²) < 4.78 is 10.1. The van der Waals surface area contributed by atoms with Crippen LogP contribution in [0.3, 0.4) is 0 Å². The molecule has 0 aliphatic heterocycles. The number of esters is 1. The molecular formula is C16H13NO4. The van der Waals surface area contributed by atoms with Gasteiger partial charge in [0.25, 0.3) is 0 Å². The Balaban J connectivity index is 1.82. The molecule has 0 aliphatic carbocycles. The molecule has 0 atom stereocenters.